The number of anilines is 2. The summed E-state index contributed by atoms with van der Waals surface area (Å²) in [5.74, 6) is -0.803. The van der Waals surface area contributed by atoms with E-state index in [1.807, 2.05) is 13.8 Å². The van der Waals surface area contributed by atoms with Crippen LogP contribution in [0.1, 0.15) is 59.9 Å². The van der Waals surface area contributed by atoms with Crippen molar-refractivity contribution >= 4 is 23.1 Å². The number of rotatable bonds is 9. The minimum atomic E-state index is -4.72. The number of carbonyl (C=O) groups excluding carboxylic acids is 2. The van der Waals surface area contributed by atoms with E-state index >= 15 is 0 Å². The van der Waals surface area contributed by atoms with Crippen LogP contribution >= 0.6 is 0 Å². The molecule has 0 saturated carbocycles. The van der Waals surface area contributed by atoms with Crippen molar-refractivity contribution in [1.82, 2.24) is 15.3 Å². The molecular weight excluding hydrogens is 516 g/mol. The fourth-order valence-electron chi connectivity index (χ4n) is 4.29. The Balaban J connectivity index is 1.39. The molecule has 3 aromatic rings. The van der Waals surface area contributed by atoms with E-state index in [0.29, 0.717) is 41.7 Å². The Morgan fingerprint density at radius 3 is 2.36 bits per heavy atom. The van der Waals surface area contributed by atoms with Gasteiger partial charge in [-0.15, -0.1) is 0 Å². The fourth-order valence-corrected chi connectivity index (χ4v) is 4.29. The first kappa shape index (κ1) is 28.2. The first-order valence-electron chi connectivity index (χ1n) is 12.4. The first-order valence-corrected chi connectivity index (χ1v) is 12.4. The summed E-state index contributed by atoms with van der Waals surface area (Å²) in [4.78, 5) is 34.6. The van der Waals surface area contributed by atoms with E-state index in [0.717, 1.165) is 12.1 Å². The molecule has 1 aliphatic heterocycles. The number of carbonyl (C=O) groups is 2. The molecule has 4 rings (SSSR count). The summed E-state index contributed by atoms with van der Waals surface area (Å²) in [5, 5.41) is 5.51. The Morgan fingerprint density at radius 1 is 1.08 bits per heavy atom. The van der Waals surface area contributed by atoms with E-state index in [-0.39, 0.29) is 42.9 Å². The molecule has 39 heavy (non-hydrogen) atoms. The van der Waals surface area contributed by atoms with Crippen LogP contribution in [-0.2, 0) is 22.3 Å². The Kier molecular flexibility index (Phi) is 8.29. The van der Waals surface area contributed by atoms with Crippen LogP contribution in [-0.4, -0.2) is 34.9 Å². The van der Waals surface area contributed by atoms with Gasteiger partial charge in [0.05, 0.1) is 28.8 Å². The number of alkyl halides is 3. The van der Waals surface area contributed by atoms with Gasteiger partial charge in [-0.1, -0.05) is 26.0 Å². The van der Waals surface area contributed by atoms with Crippen LogP contribution in [0.25, 0.3) is 0 Å². The minimum absolute atomic E-state index is 0.0503. The molecule has 1 saturated heterocycles. The molecule has 0 unspecified atom stereocenters. The van der Waals surface area contributed by atoms with Gasteiger partial charge in [-0.05, 0) is 42.3 Å². The summed E-state index contributed by atoms with van der Waals surface area (Å²) in [7, 11) is 0. The van der Waals surface area contributed by atoms with Crippen molar-refractivity contribution in [3.05, 3.63) is 83.2 Å². The third-order valence-electron chi connectivity index (χ3n) is 6.57. The summed E-state index contributed by atoms with van der Waals surface area (Å²) in [6, 6.07) is 8.83. The second-order valence-corrected chi connectivity index (χ2v) is 9.86. The van der Waals surface area contributed by atoms with Gasteiger partial charge in [-0.2, -0.15) is 13.2 Å². The molecule has 1 fully saturated rings. The van der Waals surface area contributed by atoms with Crippen LogP contribution in [0.15, 0.2) is 54.9 Å². The zero-order chi connectivity index (χ0) is 28.2. The standard InChI is InChI=1S/C28H28F4N4O3/c1-17(2)25-33-14-19(15-34-25)24(37)12-27(9-10-39-16-27)26(38)35-13-18-3-6-21(7-4-18)36-23-8-5-20(29)11-22(23)28(30,31)32/h3-8,11,14-15,17,36H,9-10,12-13,16H2,1-2H3,(H,35,38)/t27-/m0/s1. The third kappa shape index (κ3) is 6.78. The van der Waals surface area contributed by atoms with E-state index in [1.54, 1.807) is 24.3 Å². The second-order valence-electron chi connectivity index (χ2n) is 9.86. The highest BCUT2D eigenvalue weighted by molar-refractivity contribution is 5.99. The average molecular weight is 545 g/mol. The predicted octanol–water partition coefficient (Wildman–Crippen LogP) is 5.80. The van der Waals surface area contributed by atoms with Gasteiger partial charge in [-0.3, -0.25) is 9.59 Å². The highest BCUT2D eigenvalue weighted by Crippen LogP contribution is 2.37. The number of benzene rings is 2. The maximum Gasteiger partial charge on any atom is 0.418 e. The Labute approximate surface area is 223 Å². The molecule has 7 nitrogen and oxygen atoms in total. The monoisotopic (exact) mass is 544 g/mol. The van der Waals surface area contributed by atoms with Crippen molar-refractivity contribution in [2.75, 3.05) is 18.5 Å². The third-order valence-corrected chi connectivity index (χ3v) is 6.57. The average Bonchev–Trinajstić information content (AvgIpc) is 3.38. The number of hydrogen-bond acceptors (Lipinski definition) is 6. The molecule has 0 bridgehead atoms. The van der Waals surface area contributed by atoms with Gasteiger partial charge in [0.2, 0.25) is 5.91 Å². The molecule has 0 spiro atoms. The number of Topliss-reactive ketones (excluding diaryl/α,β-unsaturated/α-hetero) is 1. The molecule has 206 valence electrons. The Bertz CT molecular complexity index is 1320. The van der Waals surface area contributed by atoms with Gasteiger partial charge in [0.25, 0.3) is 0 Å². The number of ether oxygens (including phenoxy) is 1. The molecule has 2 aromatic carbocycles. The fraction of sp³-hybridized carbons (Fsp3) is 0.357. The molecular formula is C28H28F4N4O3. The smallest absolute Gasteiger partial charge is 0.380 e. The quantitative estimate of drug-likeness (QED) is 0.261. The van der Waals surface area contributed by atoms with Crippen molar-refractivity contribution in [1.29, 1.82) is 0 Å². The van der Waals surface area contributed by atoms with E-state index in [4.69, 9.17) is 4.74 Å². The van der Waals surface area contributed by atoms with Crippen molar-refractivity contribution in [3.63, 3.8) is 0 Å². The van der Waals surface area contributed by atoms with Crippen LogP contribution < -0.4 is 10.6 Å². The lowest BCUT2D eigenvalue weighted by Crippen LogP contribution is -2.42. The number of nitrogens with one attached hydrogen (secondary N) is 2. The summed E-state index contributed by atoms with van der Waals surface area (Å²) < 4.78 is 58.6. The van der Waals surface area contributed by atoms with Crippen molar-refractivity contribution in [3.8, 4) is 0 Å². The van der Waals surface area contributed by atoms with Gasteiger partial charge in [-0.25, -0.2) is 14.4 Å². The highest BCUT2D eigenvalue weighted by atomic mass is 19.4. The SMILES string of the molecule is CC(C)c1ncc(C(=O)C[C@@]2(C(=O)NCc3ccc(Nc4ccc(F)cc4C(F)(F)F)cc3)CCOC2)cn1. The second kappa shape index (κ2) is 11.5. The predicted molar refractivity (Wildman–Crippen MR) is 136 cm³/mol. The minimum Gasteiger partial charge on any atom is -0.380 e. The summed E-state index contributed by atoms with van der Waals surface area (Å²) in [6.07, 6.45) is -1.43. The summed E-state index contributed by atoms with van der Waals surface area (Å²) in [5.41, 5.74) is -1.02. The Hall–Kier alpha value is -3.86. The molecule has 0 aliphatic carbocycles. The topological polar surface area (TPSA) is 93.2 Å². The summed E-state index contributed by atoms with van der Waals surface area (Å²) in [6.45, 7) is 4.51. The zero-order valence-corrected chi connectivity index (χ0v) is 21.4. The number of amides is 1. The van der Waals surface area contributed by atoms with Crippen LogP contribution in [0.4, 0.5) is 28.9 Å². The number of nitrogens with zero attached hydrogens (tertiary/aromatic N) is 2. The number of hydrogen-bond donors (Lipinski definition) is 2. The number of aromatic nitrogens is 2. The highest BCUT2D eigenvalue weighted by Gasteiger charge is 2.44. The molecule has 2 N–H and O–H groups in total. The van der Waals surface area contributed by atoms with Gasteiger partial charge in [0.15, 0.2) is 5.78 Å². The van der Waals surface area contributed by atoms with Crippen LogP contribution in [0.5, 0.6) is 0 Å². The van der Waals surface area contributed by atoms with Crippen molar-refractivity contribution in [2.45, 2.75) is 45.3 Å². The van der Waals surface area contributed by atoms with Crippen LogP contribution in [0.3, 0.4) is 0 Å². The molecule has 11 heteroatoms. The normalized spacial score (nSPS) is 17.3. The maximum absolute atomic E-state index is 13.4. The van der Waals surface area contributed by atoms with Crippen LogP contribution in [0.2, 0.25) is 0 Å². The van der Waals surface area contributed by atoms with E-state index < -0.39 is 23.0 Å². The lowest BCUT2D eigenvalue weighted by Gasteiger charge is -2.25. The largest absolute Gasteiger partial charge is 0.418 e. The van der Waals surface area contributed by atoms with Crippen LogP contribution in [0, 0.1) is 11.2 Å². The molecule has 1 aliphatic rings. The summed E-state index contributed by atoms with van der Waals surface area (Å²) >= 11 is 0. The maximum atomic E-state index is 13.4. The van der Waals surface area contributed by atoms with E-state index in [2.05, 4.69) is 20.6 Å². The number of ketones is 1. The molecule has 0 radical (unpaired) electrons. The molecule has 1 amide bonds. The first-order chi connectivity index (χ1) is 18.5. The lowest BCUT2D eigenvalue weighted by molar-refractivity contribution is -0.137. The number of halogens is 4. The molecule has 2 heterocycles. The van der Waals surface area contributed by atoms with Crippen molar-refractivity contribution in [2.24, 2.45) is 5.41 Å². The lowest BCUT2D eigenvalue weighted by atomic mass is 9.80. The van der Waals surface area contributed by atoms with Crippen molar-refractivity contribution < 1.29 is 31.9 Å². The van der Waals surface area contributed by atoms with Gasteiger partial charge < -0.3 is 15.4 Å². The van der Waals surface area contributed by atoms with Gasteiger partial charge >= 0.3 is 6.18 Å². The Morgan fingerprint density at radius 2 is 1.77 bits per heavy atom. The van der Waals surface area contributed by atoms with Gasteiger partial charge in [0, 0.05) is 43.6 Å². The molecule has 1 atom stereocenters. The zero-order valence-electron chi connectivity index (χ0n) is 21.4. The van der Waals surface area contributed by atoms with E-state index in [1.165, 1.54) is 12.4 Å². The molecule has 1 aromatic heterocycles. The van der Waals surface area contributed by atoms with Gasteiger partial charge in [0.1, 0.15) is 11.6 Å². The van der Waals surface area contributed by atoms with E-state index in [9.17, 15) is 27.2 Å².